The van der Waals surface area contributed by atoms with Crippen LogP contribution in [-0.4, -0.2) is 52.4 Å². The van der Waals surface area contributed by atoms with Gasteiger partial charge in [0.2, 0.25) is 5.91 Å². The fourth-order valence-electron chi connectivity index (χ4n) is 4.30. The second kappa shape index (κ2) is 12.0. The molecule has 0 saturated carbocycles. The third-order valence-electron chi connectivity index (χ3n) is 6.46. The van der Waals surface area contributed by atoms with Crippen LogP contribution in [0.2, 0.25) is 0 Å². The molecule has 0 atom stereocenters. The molecule has 0 aliphatic rings. The van der Waals surface area contributed by atoms with Crippen molar-refractivity contribution >= 4 is 34.4 Å². The van der Waals surface area contributed by atoms with Crippen LogP contribution in [0.3, 0.4) is 0 Å². The van der Waals surface area contributed by atoms with E-state index in [1.54, 1.807) is 75.3 Å². The van der Waals surface area contributed by atoms with Crippen molar-refractivity contribution in [3.05, 3.63) is 88.0 Å². The van der Waals surface area contributed by atoms with Gasteiger partial charge in [0.25, 0.3) is 11.9 Å². The number of nitrogens with one attached hydrogen (secondary N) is 2. The monoisotopic (exact) mass is 543 g/mol. The van der Waals surface area contributed by atoms with Crippen LogP contribution >= 0.6 is 0 Å². The first-order valence-corrected chi connectivity index (χ1v) is 13.0. The number of aromatic nitrogens is 2. The number of carbonyl (C=O) groups is 2. The first kappa shape index (κ1) is 28.3. The molecule has 0 spiro atoms. The summed E-state index contributed by atoms with van der Waals surface area (Å²) in [5, 5.41) is 6.05. The zero-order chi connectivity index (χ0) is 28.9. The number of nitrogens with zero attached hydrogens (tertiary/aromatic N) is 3. The van der Waals surface area contributed by atoms with E-state index in [0.717, 1.165) is 5.69 Å². The van der Waals surface area contributed by atoms with E-state index >= 15 is 0 Å². The Morgan fingerprint density at radius 2 is 1.82 bits per heavy atom. The second-order valence-electron chi connectivity index (χ2n) is 9.90. The van der Waals surface area contributed by atoms with Gasteiger partial charge in [0, 0.05) is 43.2 Å². The quantitative estimate of drug-likeness (QED) is 0.301. The summed E-state index contributed by atoms with van der Waals surface area (Å²) in [5.74, 6) is 0.153. The van der Waals surface area contributed by atoms with Crippen LogP contribution in [0.15, 0.2) is 70.0 Å². The molecule has 0 bridgehead atoms. The van der Waals surface area contributed by atoms with E-state index in [1.807, 2.05) is 25.1 Å². The SMILES string of the molecule is CCOc1ccc(C(=O)Nc2ccc3nc(NC(C)(C)C(=O)N(C)CCc4ccccn4)oc(=O)c3c2C)cc1. The zero-order valence-electron chi connectivity index (χ0n) is 23.3. The number of hydrogen-bond acceptors (Lipinski definition) is 8. The third-order valence-corrected chi connectivity index (χ3v) is 6.46. The molecule has 2 aromatic heterocycles. The van der Waals surface area contributed by atoms with Crippen molar-refractivity contribution in [2.75, 3.05) is 30.8 Å². The van der Waals surface area contributed by atoms with Crippen LogP contribution in [0.5, 0.6) is 5.75 Å². The number of rotatable bonds is 10. The molecule has 0 saturated heterocycles. The third kappa shape index (κ3) is 6.45. The van der Waals surface area contributed by atoms with Crippen LogP contribution < -0.4 is 21.0 Å². The summed E-state index contributed by atoms with van der Waals surface area (Å²) in [5.41, 5.74) is 0.970. The van der Waals surface area contributed by atoms with E-state index in [-0.39, 0.29) is 23.2 Å². The minimum absolute atomic E-state index is 0.0699. The Kier molecular flexibility index (Phi) is 8.47. The molecule has 0 aliphatic carbocycles. The smallest absolute Gasteiger partial charge is 0.348 e. The Bertz CT molecular complexity index is 1570. The minimum atomic E-state index is -1.10. The summed E-state index contributed by atoms with van der Waals surface area (Å²) in [6.07, 6.45) is 2.33. The predicted molar refractivity (Wildman–Crippen MR) is 154 cm³/mol. The van der Waals surface area contributed by atoms with Crippen molar-refractivity contribution in [1.29, 1.82) is 0 Å². The van der Waals surface area contributed by atoms with E-state index in [4.69, 9.17) is 9.15 Å². The highest BCUT2D eigenvalue weighted by molar-refractivity contribution is 6.06. The molecule has 208 valence electrons. The number of carbonyl (C=O) groups excluding carboxylic acids is 2. The van der Waals surface area contributed by atoms with Gasteiger partial charge in [0.15, 0.2) is 0 Å². The minimum Gasteiger partial charge on any atom is -0.494 e. The maximum atomic E-state index is 13.2. The van der Waals surface area contributed by atoms with Crippen LogP contribution in [0.25, 0.3) is 10.9 Å². The molecule has 0 fully saturated rings. The molecule has 2 N–H and O–H groups in total. The molecule has 2 amide bonds. The van der Waals surface area contributed by atoms with Gasteiger partial charge in [-0.05, 0) is 81.8 Å². The molecule has 10 heteroatoms. The molecule has 4 rings (SSSR count). The van der Waals surface area contributed by atoms with Gasteiger partial charge in [-0.2, -0.15) is 4.98 Å². The lowest BCUT2D eigenvalue weighted by molar-refractivity contribution is -0.133. The summed E-state index contributed by atoms with van der Waals surface area (Å²) in [7, 11) is 1.71. The standard InChI is InChI=1S/C30H33N5O5/c1-6-39-22-12-10-20(11-13-22)26(36)32-23-14-15-24-25(19(23)2)27(37)40-29(33-24)34-30(3,4)28(38)35(5)18-16-21-9-7-8-17-31-21/h7-15,17H,6,16,18H2,1-5H3,(H,32,36)(H,33,34). The van der Waals surface area contributed by atoms with Crippen LogP contribution in [0.4, 0.5) is 11.7 Å². The van der Waals surface area contributed by atoms with E-state index in [2.05, 4.69) is 20.6 Å². The number of likely N-dealkylation sites (N-methyl/N-ethyl adjacent to an activating group) is 1. The Balaban J connectivity index is 1.48. The summed E-state index contributed by atoms with van der Waals surface area (Å²) < 4.78 is 10.9. The normalized spacial score (nSPS) is 11.2. The molecule has 0 unspecified atom stereocenters. The fourth-order valence-corrected chi connectivity index (χ4v) is 4.30. The summed E-state index contributed by atoms with van der Waals surface area (Å²) in [6, 6.07) is 15.7. The van der Waals surface area contributed by atoms with Crippen molar-refractivity contribution in [3.8, 4) is 5.75 Å². The van der Waals surface area contributed by atoms with Crippen molar-refractivity contribution in [3.63, 3.8) is 0 Å². The Labute approximate surface area is 232 Å². The largest absolute Gasteiger partial charge is 0.494 e. The molecule has 4 aromatic rings. The molecule has 10 nitrogen and oxygen atoms in total. The van der Waals surface area contributed by atoms with Gasteiger partial charge in [-0.15, -0.1) is 0 Å². The number of ether oxygens (including phenoxy) is 1. The maximum Gasteiger partial charge on any atom is 0.348 e. The Morgan fingerprint density at radius 1 is 1.07 bits per heavy atom. The molecule has 0 aliphatic heterocycles. The molecular formula is C30H33N5O5. The number of benzene rings is 2. The lowest BCUT2D eigenvalue weighted by atomic mass is 10.0. The zero-order valence-corrected chi connectivity index (χ0v) is 23.3. The van der Waals surface area contributed by atoms with Gasteiger partial charge in [0.1, 0.15) is 11.3 Å². The summed E-state index contributed by atoms with van der Waals surface area (Å²) in [6.45, 7) is 8.00. The number of amides is 2. The highest BCUT2D eigenvalue weighted by Crippen LogP contribution is 2.25. The van der Waals surface area contributed by atoms with Crippen LogP contribution in [-0.2, 0) is 11.2 Å². The highest BCUT2D eigenvalue weighted by atomic mass is 16.5. The Morgan fingerprint density at radius 3 is 2.50 bits per heavy atom. The second-order valence-corrected chi connectivity index (χ2v) is 9.90. The lowest BCUT2D eigenvalue weighted by Gasteiger charge is -2.30. The van der Waals surface area contributed by atoms with Crippen molar-refractivity contribution in [2.45, 2.75) is 39.7 Å². The summed E-state index contributed by atoms with van der Waals surface area (Å²) >= 11 is 0. The molecular weight excluding hydrogens is 510 g/mol. The van der Waals surface area contributed by atoms with Crippen LogP contribution in [0.1, 0.15) is 42.4 Å². The highest BCUT2D eigenvalue weighted by Gasteiger charge is 2.32. The average Bonchev–Trinajstić information content (AvgIpc) is 2.93. The van der Waals surface area contributed by atoms with E-state index in [0.29, 0.717) is 47.7 Å². The van der Waals surface area contributed by atoms with Crippen molar-refractivity contribution in [2.24, 2.45) is 0 Å². The lowest BCUT2D eigenvalue weighted by Crippen LogP contribution is -2.49. The number of hydrogen-bond donors (Lipinski definition) is 2. The van der Waals surface area contributed by atoms with Gasteiger partial charge >= 0.3 is 5.63 Å². The number of fused-ring (bicyclic) bond motifs is 1. The number of aryl methyl sites for hydroxylation is 1. The van der Waals surface area contributed by atoms with E-state index in [9.17, 15) is 14.4 Å². The van der Waals surface area contributed by atoms with Gasteiger partial charge in [0.05, 0.1) is 17.5 Å². The average molecular weight is 544 g/mol. The van der Waals surface area contributed by atoms with Gasteiger partial charge in [-0.1, -0.05) is 6.07 Å². The van der Waals surface area contributed by atoms with Crippen LogP contribution in [0, 0.1) is 6.92 Å². The van der Waals surface area contributed by atoms with E-state index < -0.39 is 11.2 Å². The first-order chi connectivity index (χ1) is 19.1. The molecule has 0 radical (unpaired) electrons. The topological polar surface area (TPSA) is 127 Å². The Hall–Kier alpha value is -4.73. The molecule has 2 aromatic carbocycles. The molecule has 40 heavy (non-hydrogen) atoms. The number of pyridine rings is 1. The van der Waals surface area contributed by atoms with Crippen molar-refractivity contribution < 1.29 is 18.7 Å². The predicted octanol–water partition coefficient (Wildman–Crippen LogP) is 4.43. The fraction of sp³-hybridized carbons (Fsp3) is 0.300. The summed E-state index contributed by atoms with van der Waals surface area (Å²) in [4.78, 5) is 49.3. The van der Waals surface area contributed by atoms with Gasteiger partial charge < -0.3 is 24.7 Å². The maximum absolute atomic E-state index is 13.2. The first-order valence-electron chi connectivity index (χ1n) is 13.0. The van der Waals surface area contributed by atoms with Crippen molar-refractivity contribution in [1.82, 2.24) is 14.9 Å². The van der Waals surface area contributed by atoms with E-state index in [1.165, 1.54) is 0 Å². The van der Waals surface area contributed by atoms with Gasteiger partial charge in [-0.25, -0.2) is 4.79 Å². The number of anilines is 2. The molecule has 2 heterocycles. The van der Waals surface area contributed by atoms with Gasteiger partial charge in [-0.3, -0.25) is 14.6 Å².